The lowest BCUT2D eigenvalue weighted by Gasteiger charge is -2.09. The van der Waals surface area contributed by atoms with Crippen LogP contribution in [0.4, 0.5) is 0 Å². The Hall–Kier alpha value is -0.400. The van der Waals surface area contributed by atoms with Gasteiger partial charge in [-0.2, -0.15) is 0 Å². The smallest absolute Gasteiger partial charge is 0.253 e. The van der Waals surface area contributed by atoms with Crippen molar-refractivity contribution in [3.63, 3.8) is 0 Å². The zero-order chi connectivity index (χ0) is 11.7. The zero-order valence-electron chi connectivity index (χ0n) is 8.05. The third kappa shape index (κ3) is 2.64. The fraction of sp³-hybridized carbons (Fsp3) is 0.333. The molecule has 1 aromatic rings. The summed E-state index contributed by atoms with van der Waals surface area (Å²) < 4.78 is 1.68. The molecule has 1 aliphatic rings. The monoisotopic (exact) mass is 366 g/mol. The molecule has 16 heavy (non-hydrogen) atoms. The van der Waals surface area contributed by atoms with Gasteiger partial charge in [-0.3, -0.25) is 9.59 Å². The number of carbonyl (C=O) groups is 2. The fourth-order valence-corrected chi connectivity index (χ4v) is 4.26. The van der Waals surface area contributed by atoms with Crippen LogP contribution in [0.15, 0.2) is 13.6 Å². The highest BCUT2D eigenvalue weighted by Gasteiger charge is 2.24. The summed E-state index contributed by atoms with van der Waals surface area (Å²) in [5.74, 6) is -0.175. The summed E-state index contributed by atoms with van der Waals surface area (Å²) >= 11 is 8.09. The van der Waals surface area contributed by atoms with Gasteiger partial charge in [0.2, 0.25) is 5.91 Å². The first-order valence-corrected chi connectivity index (χ1v) is 6.99. The van der Waals surface area contributed by atoms with E-state index in [1.807, 2.05) is 0 Å². The van der Waals surface area contributed by atoms with Gasteiger partial charge in [0.1, 0.15) is 0 Å². The van der Waals surface area contributed by atoms with Gasteiger partial charge in [0.05, 0.1) is 19.2 Å². The van der Waals surface area contributed by atoms with Crippen molar-refractivity contribution in [2.24, 2.45) is 0 Å². The van der Waals surface area contributed by atoms with Gasteiger partial charge in [0, 0.05) is 13.0 Å². The summed E-state index contributed by atoms with van der Waals surface area (Å²) in [6.07, 6.45) is 0.356. The summed E-state index contributed by atoms with van der Waals surface area (Å²) in [5.41, 5.74) is 0.594. The number of nitrogens with one attached hydrogen (secondary N) is 2. The Balaban J connectivity index is 2.03. The van der Waals surface area contributed by atoms with Crippen molar-refractivity contribution < 1.29 is 9.59 Å². The van der Waals surface area contributed by atoms with E-state index in [0.29, 0.717) is 18.5 Å². The van der Waals surface area contributed by atoms with Crippen LogP contribution in [0.2, 0.25) is 0 Å². The van der Waals surface area contributed by atoms with E-state index in [-0.39, 0.29) is 17.9 Å². The second kappa shape index (κ2) is 4.85. The first-order valence-electron chi connectivity index (χ1n) is 4.58. The van der Waals surface area contributed by atoms with Crippen molar-refractivity contribution in [1.29, 1.82) is 0 Å². The van der Waals surface area contributed by atoms with Gasteiger partial charge >= 0.3 is 0 Å². The van der Waals surface area contributed by atoms with Crippen LogP contribution in [-0.2, 0) is 4.79 Å². The molecule has 2 heterocycles. The van der Waals surface area contributed by atoms with Gasteiger partial charge in [0.15, 0.2) is 0 Å². The van der Waals surface area contributed by atoms with Gasteiger partial charge in [-0.25, -0.2) is 0 Å². The predicted octanol–water partition coefficient (Wildman–Crippen LogP) is 1.89. The molecule has 2 N–H and O–H groups in total. The molecule has 0 aromatic carbocycles. The van der Waals surface area contributed by atoms with Gasteiger partial charge in [0.25, 0.3) is 5.91 Å². The number of halogens is 2. The predicted molar refractivity (Wildman–Crippen MR) is 68.6 cm³/mol. The Bertz CT molecular complexity index is 447. The first kappa shape index (κ1) is 12.1. The van der Waals surface area contributed by atoms with Gasteiger partial charge in [-0.15, -0.1) is 11.3 Å². The van der Waals surface area contributed by atoms with Gasteiger partial charge in [-0.1, -0.05) is 0 Å². The van der Waals surface area contributed by atoms with Crippen LogP contribution < -0.4 is 10.6 Å². The zero-order valence-corrected chi connectivity index (χ0v) is 12.0. The lowest BCUT2D eigenvalue weighted by atomic mass is 10.2. The second-order valence-corrected chi connectivity index (χ2v) is 7.17. The number of hydrogen-bond donors (Lipinski definition) is 2. The molecule has 0 saturated carbocycles. The number of amides is 2. The SMILES string of the molecule is O=C1CC(NC(=O)c2cc(Br)sc2Br)CN1. The molecule has 1 saturated heterocycles. The van der Waals surface area contributed by atoms with Crippen LogP contribution in [0.3, 0.4) is 0 Å². The van der Waals surface area contributed by atoms with Gasteiger partial charge < -0.3 is 10.6 Å². The van der Waals surface area contributed by atoms with E-state index < -0.39 is 0 Å². The molecule has 1 aromatic heterocycles. The van der Waals surface area contributed by atoms with E-state index in [1.165, 1.54) is 11.3 Å². The fourth-order valence-electron chi connectivity index (χ4n) is 1.47. The highest BCUT2D eigenvalue weighted by Crippen LogP contribution is 2.31. The molecule has 0 spiro atoms. The summed E-state index contributed by atoms with van der Waals surface area (Å²) in [5, 5.41) is 5.49. The van der Waals surface area contributed by atoms with E-state index in [9.17, 15) is 9.59 Å². The molecule has 0 bridgehead atoms. The molecule has 1 unspecified atom stereocenters. The Kier molecular flexibility index (Phi) is 3.66. The van der Waals surface area contributed by atoms with Crippen molar-refractivity contribution >= 4 is 55.0 Å². The van der Waals surface area contributed by atoms with E-state index in [2.05, 4.69) is 42.5 Å². The highest BCUT2D eigenvalue weighted by molar-refractivity contribution is 9.12. The van der Waals surface area contributed by atoms with Gasteiger partial charge in [-0.05, 0) is 37.9 Å². The van der Waals surface area contributed by atoms with Crippen molar-refractivity contribution in [2.75, 3.05) is 6.54 Å². The van der Waals surface area contributed by atoms with Crippen molar-refractivity contribution in [2.45, 2.75) is 12.5 Å². The number of rotatable bonds is 2. The quantitative estimate of drug-likeness (QED) is 0.838. The maximum atomic E-state index is 11.8. The number of hydrogen-bond acceptors (Lipinski definition) is 3. The maximum Gasteiger partial charge on any atom is 0.253 e. The summed E-state index contributed by atoms with van der Waals surface area (Å²) in [6, 6.07) is 1.65. The first-order chi connectivity index (χ1) is 7.56. The van der Waals surface area contributed by atoms with Crippen LogP contribution in [0, 0.1) is 0 Å². The Morgan fingerprint density at radius 1 is 1.56 bits per heavy atom. The van der Waals surface area contributed by atoms with Crippen molar-refractivity contribution in [3.8, 4) is 0 Å². The highest BCUT2D eigenvalue weighted by atomic mass is 79.9. The van der Waals surface area contributed by atoms with E-state index in [4.69, 9.17) is 0 Å². The molecule has 7 heteroatoms. The standard InChI is InChI=1S/C9H8Br2N2O2S/c10-6-2-5(8(11)16-6)9(15)13-4-1-7(14)12-3-4/h2,4H,1,3H2,(H,12,14)(H,13,15). The van der Waals surface area contributed by atoms with Crippen LogP contribution >= 0.6 is 43.2 Å². The molecular formula is C9H8Br2N2O2S. The topological polar surface area (TPSA) is 58.2 Å². The molecular weight excluding hydrogens is 360 g/mol. The molecule has 86 valence electrons. The second-order valence-electron chi connectivity index (χ2n) is 3.42. The average molecular weight is 368 g/mol. The average Bonchev–Trinajstić information content (AvgIpc) is 2.73. The molecule has 1 aliphatic heterocycles. The minimum absolute atomic E-state index is 0.0177. The van der Waals surface area contributed by atoms with Crippen LogP contribution in [0.5, 0.6) is 0 Å². The van der Waals surface area contributed by atoms with E-state index in [1.54, 1.807) is 6.07 Å². The minimum Gasteiger partial charge on any atom is -0.354 e. The largest absolute Gasteiger partial charge is 0.354 e. The van der Waals surface area contributed by atoms with Crippen LogP contribution in [0.25, 0.3) is 0 Å². The summed E-state index contributed by atoms with van der Waals surface area (Å²) in [4.78, 5) is 22.8. The molecule has 0 radical (unpaired) electrons. The van der Waals surface area contributed by atoms with Crippen LogP contribution in [-0.4, -0.2) is 24.4 Å². The van der Waals surface area contributed by atoms with Crippen LogP contribution in [0.1, 0.15) is 16.8 Å². The lowest BCUT2D eigenvalue weighted by Crippen LogP contribution is -2.36. The molecule has 2 rings (SSSR count). The molecule has 2 amide bonds. The summed E-state index contributed by atoms with van der Waals surface area (Å²) in [7, 11) is 0. The number of carbonyl (C=O) groups excluding carboxylic acids is 2. The van der Waals surface area contributed by atoms with E-state index in [0.717, 1.165) is 7.57 Å². The third-order valence-corrected chi connectivity index (χ3v) is 4.55. The lowest BCUT2D eigenvalue weighted by molar-refractivity contribution is -0.119. The molecule has 4 nitrogen and oxygen atoms in total. The Labute approximate surface area is 113 Å². The summed E-state index contributed by atoms with van der Waals surface area (Å²) in [6.45, 7) is 0.507. The molecule has 1 atom stereocenters. The van der Waals surface area contributed by atoms with Crippen molar-refractivity contribution in [1.82, 2.24) is 10.6 Å². The Morgan fingerprint density at radius 2 is 2.31 bits per heavy atom. The normalized spacial score (nSPS) is 19.6. The molecule has 1 fully saturated rings. The Morgan fingerprint density at radius 3 is 2.81 bits per heavy atom. The van der Waals surface area contributed by atoms with Crippen molar-refractivity contribution in [3.05, 3.63) is 19.2 Å². The maximum absolute atomic E-state index is 11.8. The molecule has 0 aliphatic carbocycles. The minimum atomic E-state index is -0.157. The number of thiophene rings is 1. The third-order valence-electron chi connectivity index (χ3n) is 2.21. The van der Waals surface area contributed by atoms with E-state index >= 15 is 0 Å².